The number of aromatic nitrogens is 4. The highest BCUT2D eigenvalue weighted by molar-refractivity contribution is 5.99. The Kier molecular flexibility index (Phi) is 5.20. The van der Waals surface area contributed by atoms with E-state index in [1.54, 1.807) is 0 Å². The Labute approximate surface area is 193 Å². The molecule has 5 rings (SSSR count). The van der Waals surface area contributed by atoms with E-state index < -0.39 is 35.4 Å². The summed E-state index contributed by atoms with van der Waals surface area (Å²) in [6.07, 6.45) is -3.53. The molecule has 0 radical (unpaired) electrons. The molecule has 12 heteroatoms. The van der Waals surface area contributed by atoms with Crippen molar-refractivity contribution >= 4 is 11.7 Å². The lowest BCUT2D eigenvalue weighted by Gasteiger charge is -2.11. The van der Waals surface area contributed by atoms with Crippen LogP contribution in [0.4, 0.5) is 17.6 Å². The minimum atomic E-state index is -4.82. The molecule has 0 unspecified atom stereocenters. The largest absolute Gasteiger partial charge is 0.478 e. The molecule has 1 N–H and O–H groups in total. The Morgan fingerprint density at radius 2 is 1.80 bits per heavy atom. The highest BCUT2D eigenvalue weighted by atomic mass is 19.4. The van der Waals surface area contributed by atoms with Crippen molar-refractivity contribution in [2.75, 3.05) is 0 Å². The number of hydrogen-bond acceptors (Lipinski definition) is 6. The van der Waals surface area contributed by atoms with Crippen molar-refractivity contribution in [1.29, 1.82) is 0 Å². The number of nitrogens with zero attached hydrogens (tertiary/aromatic N) is 4. The third-order valence-electron chi connectivity index (χ3n) is 4.95. The molecule has 0 aliphatic carbocycles. The average Bonchev–Trinajstić information content (AvgIpc) is 3.47. The summed E-state index contributed by atoms with van der Waals surface area (Å²) < 4.78 is 65.6. The van der Waals surface area contributed by atoms with Gasteiger partial charge < -0.3 is 14.3 Å². The van der Waals surface area contributed by atoms with E-state index in [9.17, 15) is 27.5 Å². The summed E-state index contributed by atoms with van der Waals surface area (Å²) in [5.74, 6) is -2.46. The Bertz CT molecular complexity index is 1540. The number of aromatic carboxylic acids is 1. The van der Waals surface area contributed by atoms with Gasteiger partial charge in [0.05, 0.1) is 6.26 Å². The van der Waals surface area contributed by atoms with Crippen LogP contribution in [0.25, 0.3) is 28.4 Å². The Hall–Kier alpha value is -4.74. The Balaban J connectivity index is 1.61. The molecule has 0 atom stereocenters. The van der Waals surface area contributed by atoms with Gasteiger partial charge in [-0.25, -0.2) is 14.2 Å². The fourth-order valence-electron chi connectivity index (χ4n) is 3.45. The van der Waals surface area contributed by atoms with Gasteiger partial charge in [-0.1, -0.05) is 24.3 Å². The molecule has 0 amide bonds. The molecule has 0 fully saturated rings. The molecule has 5 aromatic rings. The van der Waals surface area contributed by atoms with E-state index in [0.29, 0.717) is 10.1 Å². The molecule has 35 heavy (non-hydrogen) atoms. The van der Waals surface area contributed by atoms with Gasteiger partial charge in [0, 0.05) is 0 Å². The number of halogens is 4. The number of alkyl halides is 3. The molecule has 0 bridgehead atoms. The van der Waals surface area contributed by atoms with Crippen LogP contribution in [-0.2, 0) is 6.18 Å². The maximum Gasteiger partial charge on any atom is 0.433 e. The predicted octanol–water partition coefficient (Wildman–Crippen LogP) is 5.70. The molecule has 0 saturated heterocycles. The summed E-state index contributed by atoms with van der Waals surface area (Å²) in [4.78, 5) is 20.0. The third-order valence-corrected chi connectivity index (χ3v) is 4.95. The predicted molar refractivity (Wildman–Crippen MR) is 112 cm³/mol. The molecule has 3 aromatic heterocycles. The average molecular weight is 484 g/mol. The lowest BCUT2D eigenvalue weighted by molar-refractivity contribution is -0.142. The molecule has 176 valence electrons. The first-order valence-corrected chi connectivity index (χ1v) is 9.90. The molecular formula is C23H12F4N4O4. The Morgan fingerprint density at radius 3 is 2.46 bits per heavy atom. The summed E-state index contributed by atoms with van der Waals surface area (Å²) in [6, 6.07) is 12.5. The number of ether oxygens (including phenoxy) is 1. The second-order valence-corrected chi connectivity index (χ2v) is 7.20. The summed E-state index contributed by atoms with van der Waals surface area (Å²) in [5, 5.41) is 13.5. The van der Waals surface area contributed by atoms with Gasteiger partial charge in [0.25, 0.3) is 5.78 Å². The maximum atomic E-state index is 13.7. The summed E-state index contributed by atoms with van der Waals surface area (Å²) in [7, 11) is 0. The zero-order valence-electron chi connectivity index (χ0n) is 17.3. The van der Waals surface area contributed by atoms with Gasteiger partial charge in [0.2, 0.25) is 0 Å². The molecule has 2 aromatic carbocycles. The fourth-order valence-corrected chi connectivity index (χ4v) is 3.45. The summed E-state index contributed by atoms with van der Waals surface area (Å²) in [6.45, 7) is 0. The van der Waals surface area contributed by atoms with E-state index in [2.05, 4.69) is 15.1 Å². The van der Waals surface area contributed by atoms with E-state index in [0.717, 1.165) is 6.07 Å². The minimum Gasteiger partial charge on any atom is -0.478 e. The third kappa shape index (κ3) is 4.16. The van der Waals surface area contributed by atoms with Gasteiger partial charge in [-0.05, 0) is 47.5 Å². The molecule has 8 nitrogen and oxygen atoms in total. The SMILES string of the molecule is O=C(O)c1c(Oc2nc3nc(-c4ccco4)cc(C(F)(F)F)n3n2)cccc1-c1ccc(F)cc1. The maximum absolute atomic E-state index is 13.7. The van der Waals surface area contributed by atoms with Gasteiger partial charge in [-0.2, -0.15) is 22.7 Å². The summed E-state index contributed by atoms with van der Waals surface area (Å²) in [5.41, 5.74) is -1.03. The van der Waals surface area contributed by atoms with Crippen molar-refractivity contribution in [3.63, 3.8) is 0 Å². The topological polar surface area (TPSA) is 103 Å². The summed E-state index contributed by atoms with van der Waals surface area (Å²) >= 11 is 0. The first kappa shape index (κ1) is 22.1. The van der Waals surface area contributed by atoms with Crippen molar-refractivity contribution in [2.45, 2.75) is 6.18 Å². The van der Waals surface area contributed by atoms with Crippen LogP contribution in [0.1, 0.15) is 16.1 Å². The standard InChI is InChI=1S/C23H12F4N4O4/c24-13-8-6-12(7-9-13)14-3-1-4-17(19(14)20(32)33)35-22-29-21-28-15(16-5-2-10-34-16)11-18(23(25,26)27)31(21)30-22/h1-11H,(H,32,33). The van der Waals surface area contributed by atoms with Crippen LogP contribution in [0, 0.1) is 5.82 Å². The number of fused-ring (bicyclic) bond motifs is 1. The first-order chi connectivity index (χ1) is 16.7. The van der Waals surface area contributed by atoms with Crippen molar-refractivity contribution in [1.82, 2.24) is 19.6 Å². The van der Waals surface area contributed by atoms with Crippen LogP contribution >= 0.6 is 0 Å². The van der Waals surface area contributed by atoms with Gasteiger partial charge >= 0.3 is 18.2 Å². The first-order valence-electron chi connectivity index (χ1n) is 9.90. The lowest BCUT2D eigenvalue weighted by Crippen LogP contribution is -2.13. The molecule has 0 aliphatic heterocycles. The zero-order chi connectivity index (χ0) is 24.7. The number of carboxylic acids is 1. The van der Waals surface area contributed by atoms with Gasteiger partial charge in [0.15, 0.2) is 11.5 Å². The van der Waals surface area contributed by atoms with E-state index in [1.165, 1.54) is 60.9 Å². The Morgan fingerprint density at radius 1 is 1.03 bits per heavy atom. The molecular weight excluding hydrogens is 472 g/mol. The quantitative estimate of drug-likeness (QED) is 0.319. The molecule has 3 heterocycles. The van der Waals surface area contributed by atoms with Crippen molar-refractivity contribution in [3.05, 3.63) is 84.0 Å². The smallest absolute Gasteiger partial charge is 0.433 e. The number of rotatable bonds is 5. The van der Waals surface area contributed by atoms with Crippen LogP contribution in [0.3, 0.4) is 0 Å². The minimum absolute atomic E-state index is 0.0867. The van der Waals surface area contributed by atoms with Crippen LogP contribution in [0.15, 0.2) is 71.3 Å². The number of benzene rings is 2. The zero-order valence-corrected chi connectivity index (χ0v) is 17.3. The van der Waals surface area contributed by atoms with E-state index >= 15 is 0 Å². The van der Waals surface area contributed by atoms with Gasteiger partial charge in [-0.15, -0.1) is 5.10 Å². The second-order valence-electron chi connectivity index (χ2n) is 7.20. The van der Waals surface area contributed by atoms with E-state index in [4.69, 9.17) is 9.15 Å². The molecule has 0 aliphatic rings. The van der Waals surface area contributed by atoms with Crippen LogP contribution in [0.2, 0.25) is 0 Å². The van der Waals surface area contributed by atoms with Crippen LogP contribution in [0.5, 0.6) is 11.8 Å². The van der Waals surface area contributed by atoms with Gasteiger partial charge in [-0.3, -0.25) is 0 Å². The van der Waals surface area contributed by atoms with Crippen molar-refractivity contribution in [2.24, 2.45) is 0 Å². The van der Waals surface area contributed by atoms with Crippen molar-refractivity contribution in [3.8, 4) is 34.3 Å². The highest BCUT2D eigenvalue weighted by Gasteiger charge is 2.36. The number of carbonyl (C=O) groups is 1. The van der Waals surface area contributed by atoms with E-state index in [-0.39, 0.29) is 28.3 Å². The number of hydrogen-bond donors (Lipinski definition) is 1. The fraction of sp³-hybridized carbons (Fsp3) is 0.0435. The number of furan rings is 1. The van der Waals surface area contributed by atoms with Gasteiger partial charge in [0.1, 0.15) is 22.8 Å². The molecule has 0 spiro atoms. The molecule has 0 saturated carbocycles. The second kappa shape index (κ2) is 8.24. The highest BCUT2D eigenvalue weighted by Crippen LogP contribution is 2.35. The normalized spacial score (nSPS) is 11.7. The van der Waals surface area contributed by atoms with Crippen molar-refractivity contribution < 1.29 is 36.6 Å². The van der Waals surface area contributed by atoms with Crippen LogP contribution in [-0.4, -0.2) is 30.7 Å². The van der Waals surface area contributed by atoms with E-state index in [1.807, 2.05) is 0 Å². The number of carboxylic acid groups (broad SMARTS) is 1. The van der Waals surface area contributed by atoms with Crippen LogP contribution < -0.4 is 4.74 Å². The lowest BCUT2D eigenvalue weighted by atomic mass is 9.99. The monoisotopic (exact) mass is 484 g/mol.